The molecule has 2 N–H and O–H groups in total. The van der Waals surface area contributed by atoms with Crippen LogP contribution >= 0.6 is 0 Å². The lowest BCUT2D eigenvalue weighted by Crippen LogP contribution is -2.30. The second kappa shape index (κ2) is 4.29. The van der Waals surface area contributed by atoms with Gasteiger partial charge in [-0.1, -0.05) is 17.9 Å². The van der Waals surface area contributed by atoms with Gasteiger partial charge in [-0.05, 0) is 32.6 Å². The van der Waals surface area contributed by atoms with Crippen molar-refractivity contribution in [2.24, 2.45) is 0 Å². The van der Waals surface area contributed by atoms with Crippen LogP contribution in [0.4, 0.5) is 6.01 Å². The Balaban J connectivity index is 1.55. The van der Waals surface area contributed by atoms with E-state index in [2.05, 4.69) is 27.8 Å². The van der Waals surface area contributed by atoms with Gasteiger partial charge in [-0.3, -0.25) is 0 Å². The van der Waals surface area contributed by atoms with Crippen LogP contribution in [0.2, 0.25) is 0 Å². The van der Waals surface area contributed by atoms with E-state index >= 15 is 0 Å². The van der Waals surface area contributed by atoms with Crippen LogP contribution in [0.25, 0.3) is 0 Å². The summed E-state index contributed by atoms with van der Waals surface area (Å²) in [5.74, 6) is 0.681. The number of nitrogens with one attached hydrogen (secondary N) is 2. The highest BCUT2D eigenvalue weighted by Crippen LogP contribution is 2.32. The zero-order valence-electron chi connectivity index (χ0n) is 10.3. The first-order valence-corrected chi connectivity index (χ1v) is 6.57. The predicted molar refractivity (Wildman–Crippen MR) is 64.7 cm³/mol. The molecule has 0 atom stereocenters. The lowest BCUT2D eigenvalue weighted by atomic mass is 10.0. The van der Waals surface area contributed by atoms with Gasteiger partial charge in [-0.25, -0.2) is 0 Å². The molecule has 1 heterocycles. The van der Waals surface area contributed by atoms with Gasteiger partial charge < -0.3 is 15.1 Å². The Morgan fingerprint density at radius 1 is 1.29 bits per heavy atom. The Kier molecular flexibility index (Phi) is 2.78. The topological polar surface area (TPSA) is 63.0 Å². The van der Waals surface area contributed by atoms with Gasteiger partial charge in [0.05, 0.1) is 6.54 Å². The Bertz CT molecular complexity index is 380. The van der Waals surface area contributed by atoms with Crippen LogP contribution in [0.1, 0.15) is 51.3 Å². The highest BCUT2D eigenvalue weighted by molar-refractivity contribution is 5.24. The Morgan fingerprint density at radius 2 is 2.06 bits per heavy atom. The fourth-order valence-electron chi connectivity index (χ4n) is 2.43. The molecule has 0 aliphatic heterocycles. The van der Waals surface area contributed by atoms with E-state index < -0.39 is 0 Å². The Labute approximate surface area is 101 Å². The summed E-state index contributed by atoms with van der Waals surface area (Å²) < 4.78 is 5.59. The molecule has 1 aromatic heterocycles. The van der Waals surface area contributed by atoms with Crippen molar-refractivity contribution in [3.05, 3.63) is 5.89 Å². The minimum atomic E-state index is 0.147. The predicted octanol–water partition coefficient (Wildman–Crippen LogP) is 2.07. The van der Waals surface area contributed by atoms with Crippen LogP contribution in [-0.4, -0.2) is 21.8 Å². The average Bonchev–Trinajstić information content (AvgIpc) is 2.89. The standard InChI is InChI=1S/C12H20N4O/c1-12(6-2-3-7-12)14-11-16-15-10(17-11)8-13-9-4-5-9/h9,13H,2-8H2,1H3,(H,14,16). The van der Waals surface area contributed by atoms with Crippen LogP contribution in [0, 0.1) is 0 Å². The maximum Gasteiger partial charge on any atom is 0.315 e. The van der Waals surface area contributed by atoms with Crippen LogP contribution in [-0.2, 0) is 6.54 Å². The summed E-state index contributed by atoms with van der Waals surface area (Å²) in [7, 11) is 0. The lowest BCUT2D eigenvalue weighted by molar-refractivity contribution is 0.449. The summed E-state index contributed by atoms with van der Waals surface area (Å²) in [6.45, 7) is 2.92. The van der Waals surface area contributed by atoms with Crippen molar-refractivity contribution in [2.45, 2.75) is 63.6 Å². The first kappa shape index (κ1) is 11.0. The molecule has 2 aliphatic rings. The highest BCUT2D eigenvalue weighted by atomic mass is 16.4. The number of aromatic nitrogens is 2. The molecule has 0 spiro atoms. The van der Waals surface area contributed by atoms with Crippen molar-refractivity contribution in [2.75, 3.05) is 5.32 Å². The third kappa shape index (κ3) is 2.77. The molecule has 0 amide bonds. The minimum Gasteiger partial charge on any atom is -0.407 e. The fraction of sp³-hybridized carbons (Fsp3) is 0.833. The molecule has 5 heteroatoms. The van der Waals surface area contributed by atoms with Crippen molar-refractivity contribution in [1.82, 2.24) is 15.5 Å². The van der Waals surface area contributed by atoms with Gasteiger partial charge >= 0.3 is 6.01 Å². The molecule has 2 saturated carbocycles. The zero-order chi connectivity index (χ0) is 11.7. The molecule has 0 aromatic carbocycles. The number of hydrogen-bond acceptors (Lipinski definition) is 5. The molecule has 94 valence electrons. The fourth-order valence-corrected chi connectivity index (χ4v) is 2.43. The van der Waals surface area contributed by atoms with Crippen molar-refractivity contribution in [3.63, 3.8) is 0 Å². The van der Waals surface area contributed by atoms with Gasteiger partial charge in [-0.2, -0.15) is 0 Å². The van der Waals surface area contributed by atoms with Crippen molar-refractivity contribution >= 4 is 6.01 Å². The minimum absolute atomic E-state index is 0.147. The van der Waals surface area contributed by atoms with E-state index in [9.17, 15) is 0 Å². The molecular weight excluding hydrogens is 216 g/mol. The first-order valence-electron chi connectivity index (χ1n) is 6.57. The van der Waals surface area contributed by atoms with Gasteiger partial charge in [0.25, 0.3) is 0 Å². The van der Waals surface area contributed by atoms with Crippen LogP contribution in [0.5, 0.6) is 0 Å². The van der Waals surface area contributed by atoms with Crippen LogP contribution in [0.15, 0.2) is 4.42 Å². The second-order valence-electron chi connectivity index (χ2n) is 5.55. The summed E-state index contributed by atoms with van der Waals surface area (Å²) in [6, 6.07) is 1.24. The normalized spacial score (nSPS) is 22.9. The summed E-state index contributed by atoms with van der Waals surface area (Å²) in [4.78, 5) is 0. The monoisotopic (exact) mass is 236 g/mol. The quantitative estimate of drug-likeness (QED) is 0.819. The highest BCUT2D eigenvalue weighted by Gasteiger charge is 2.30. The Morgan fingerprint density at radius 3 is 2.76 bits per heavy atom. The molecule has 2 fully saturated rings. The van der Waals surface area contributed by atoms with E-state index in [4.69, 9.17) is 4.42 Å². The molecule has 0 saturated heterocycles. The maximum absolute atomic E-state index is 5.59. The zero-order valence-corrected chi connectivity index (χ0v) is 10.3. The number of nitrogens with zero attached hydrogens (tertiary/aromatic N) is 2. The van der Waals surface area contributed by atoms with E-state index in [0.717, 1.165) is 0 Å². The largest absolute Gasteiger partial charge is 0.407 e. The average molecular weight is 236 g/mol. The van der Waals surface area contributed by atoms with Crippen LogP contribution < -0.4 is 10.6 Å². The SMILES string of the molecule is CC1(Nc2nnc(CNC3CC3)o2)CCCC1. The number of rotatable bonds is 5. The third-order valence-corrected chi connectivity index (χ3v) is 3.70. The summed E-state index contributed by atoms with van der Waals surface area (Å²) >= 11 is 0. The molecule has 1 aromatic rings. The Hall–Kier alpha value is -1.10. The van der Waals surface area contributed by atoms with Crippen molar-refractivity contribution < 1.29 is 4.42 Å². The second-order valence-corrected chi connectivity index (χ2v) is 5.55. The number of hydrogen-bond donors (Lipinski definition) is 2. The van der Waals surface area contributed by atoms with E-state index in [1.165, 1.54) is 38.5 Å². The maximum atomic E-state index is 5.59. The lowest BCUT2D eigenvalue weighted by Gasteiger charge is -2.23. The number of anilines is 1. The van der Waals surface area contributed by atoms with Gasteiger partial charge in [0, 0.05) is 11.6 Å². The first-order chi connectivity index (χ1) is 8.23. The molecule has 17 heavy (non-hydrogen) atoms. The van der Waals surface area contributed by atoms with Crippen molar-refractivity contribution in [3.8, 4) is 0 Å². The smallest absolute Gasteiger partial charge is 0.315 e. The van der Waals surface area contributed by atoms with Crippen molar-refractivity contribution in [1.29, 1.82) is 0 Å². The molecule has 5 nitrogen and oxygen atoms in total. The molecule has 0 unspecified atom stereocenters. The summed E-state index contributed by atoms with van der Waals surface area (Å²) in [5, 5.41) is 14.8. The molecule has 0 radical (unpaired) electrons. The van der Waals surface area contributed by atoms with E-state index in [0.29, 0.717) is 24.5 Å². The van der Waals surface area contributed by atoms with E-state index in [1.54, 1.807) is 0 Å². The van der Waals surface area contributed by atoms with E-state index in [-0.39, 0.29) is 5.54 Å². The molecular formula is C12H20N4O. The summed E-state index contributed by atoms with van der Waals surface area (Å²) in [5.41, 5.74) is 0.147. The van der Waals surface area contributed by atoms with Gasteiger partial charge in [0.1, 0.15) is 0 Å². The van der Waals surface area contributed by atoms with E-state index in [1.807, 2.05) is 0 Å². The molecule has 2 aliphatic carbocycles. The van der Waals surface area contributed by atoms with Gasteiger partial charge in [0.15, 0.2) is 0 Å². The van der Waals surface area contributed by atoms with Crippen LogP contribution in [0.3, 0.4) is 0 Å². The summed E-state index contributed by atoms with van der Waals surface area (Å²) in [6.07, 6.45) is 7.49. The van der Waals surface area contributed by atoms with Gasteiger partial charge in [-0.15, -0.1) is 5.10 Å². The van der Waals surface area contributed by atoms with Gasteiger partial charge in [0.2, 0.25) is 5.89 Å². The molecule has 0 bridgehead atoms. The molecule has 3 rings (SSSR count). The third-order valence-electron chi connectivity index (χ3n) is 3.70.